The van der Waals surface area contributed by atoms with E-state index in [9.17, 15) is 13.6 Å². The number of carboxylic acid groups (broad SMARTS) is 1. The van der Waals surface area contributed by atoms with Crippen LogP contribution in [0.1, 0.15) is 16.8 Å². The minimum Gasteiger partial charge on any atom is -0.478 e. The Morgan fingerprint density at radius 2 is 1.94 bits per heavy atom. The summed E-state index contributed by atoms with van der Waals surface area (Å²) in [5, 5.41) is 8.67. The maximum Gasteiger partial charge on any atom is 0.335 e. The van der Waals surface area contributed by atoms with Crippen LogP contribution in [0.3, 0.4) is 0 Å². The van der Waals surface area contributed by atoms with Crippen LogP contribution in [0.4, 0.5) is 14.5 Å². The van der Waals surface area contributed by atoms with Crippen LogP contribution in [0.5, 0.6) is 0 Å². The maximum atomic E-state index is 13.7. The van der Waals surface area contributed by atoms with Crippen molar-refractivity contribution in [2.45, 2.75) is 6.42 Å². The lowest BCUT2D eigenvalue weighted by molar-refractivity contribution is 0.0696. The van der Waals surface area contributed by atoms with Crippen LogP contribution < -0.4 is 4.90 Å². The molecule has 0 saturated carbocycles. The second-order valence-corrected chi connectivity index (χ2v) is 3.86. The second kappa shape index (κ2) is 6.30. The molecule has 0 saturated heterocycles. The summed E-state index contributed by atoms with van der Waals surface area (Å²) in [4.78, 5) is 12.0. The zero-order valence-electron chi connectivity index (χ0n) is 10.2. The molecule has 0 spiro atoms. The third-order valence-corrected chi connectivity index (χ3v) is 2.49. The van der Waals surface area contributed by atoms with Crippen molar-refractivity contribution in [3.8, 4) is 0 Å². The summed E-state index contributed by atoms with van der Waals surface area (Å²) in [5.41, 5.74) is -0.629. The number of hydrogen-bond acceptors (Lipinski definition) is 3. The van der Waals surface area contributed by atoms with E-state index in [0.717, 1.165) is 12.1 Å². The van der Waals surface area contributed by atoms with Gasteiger partial charge in [-0.1, -0.05) is 0 Å². The highest BCUT2D eigenvalue weighted by Crippen LogP contribution is 2.24. The van der Waals surface area contributed by atoms with Gasteiger partial charge in [-0.3, -0.25) is 0 Å². The molecule has 0 bridgehead atoms. The first-order valence-electron chi connectivity index (χ1n) is 5.39. The molecule has 18 heavy (non-hydrogen) atoms. The van der Waals surface area contributed by atoms with Crippen LogP contribution in [0, 0.1) is 11.6 Å². The van der Waals surface area contributed by atoms with Crippen molar-refractivity contribution in [2.24, 2.45) is 0 Å². The summed E-state index contributed by atoms with van der Waals surface area (Å²) in [7, 11) is 3.08. The van der Waals surface area contributed by atoms with Gasteiger partial charge in [-0.25, -0.2) is 13.6 Å². The van der Waals surface area contributed by atoms with Crippen molar-refractivity contribution in [1.29, 1.82) is 0 Å². The Morgan fingerprint density at radius 1 is 1.39 bits per heavy atom. The van der Waals surface area contributed by atoms with Crippen LogP contribution in [0.15, 0.2) is 12.1 Å². The monoisotopic (exact) mass is 259 g/mol. The van der Waals surface area contributed by atoms with Crippen LogP contribution >= 0.6 is 0 Å². The molecule has 0 aliphatic heterocycles. The highest BCUT2D eigenvalue weighted by Gasteiger charge is 2.17. The zero-order chi connectivity index (χ0) is 13.7. The maximum absolute atomic E-state index is 13.7. The molecule has 1 rings (SSSR count). The van der Waals surface area contributed by atoms with E-state index in [0.29, 0.717) is 19.6 Å². The van der Waals surface area contributed by atoms with Crippen molar-refractivity contribution in [3.05, 3.63) is 29.3 Å². The largest absolute Gasteiger partial charge is 0.478 e. The average molecular weight is 259 g/mol. The topological polar surface area (TPSA) is 49.8 Å². The Hall–Kier alpha value is -1.69. The number of anilines is 1. The van der Waals surface area contributed by atoms with Crippen molar-refractivity contribution in [3.63, 3.8) is 0 Å². The molecular weight excluding hydrogens is 244 g/mol. The molecule has 100 valence electrons. The minimum atomic E-state index is -1.36. The standard InChI is InChI=1S/C12H15F2NO3/c1-15(4-3-5-18-2)11-9(13)6-8(12(16)17)7-10(11)14/h6-7H,3-5H2,1-2H3,(H,16,17). The molecule has 0 unspecified atom stereocenters. The molecule has 0 aliphatic carbocycles. The van der Waals surface area contributed by atoms with Gasteiger partial charge in [-0.15, -0.1) is 0 Å². The van der Waals surface area contributed by atoms with Crippen LogP contribution in [0.2, 0.25) is 0 Å². The first kappa shape index (κ1) is 14.4. The van der Waals surface area contributed by atoms with Gasteiger partial charge >= 0.3 is 5.97 Å². The Kier molecular flexibility index (Phi) is 5.03. The van der Waals surface area contributed by atoms with Gasteiger partial charge in [0.05, 0.1) is 5.56 Å². The normalized spacial score (nSPS) is 10.4. The van der Waals surface area contributed by atoms with E-state index >= 15 is 0 Å². The number of rotatable bonds is 6. The van der Waals surface area contributed by atoms with Crippen molar-refractivity contribution in [1.82, 2.24) is 0 Å². The molecule has 0 amide bonds. The number of carboxylic acids is 1. The summed E-state index contributed by atoms with van der Waals surface area (Å²) < 4.78 is 32.2. The minimum absolute atomic E-state index is 0.226. The third-order valence-electron chi connectivity index (χ3n) is 2.49. The fraction of sp³-hybridized carbons (Fsp3) is 0.417. The number of carbonyl (C=O) groups is 1. The quantitative estimate of drug-likeness (QED) is 0.795. The van der Waals surface area contributed by atoms with Crippen molar-refractivity contribution < 1.29 is 23.4 Å². The van der Waals surface area contributed by atoms with E-state index in [4.69, 9.17) is 9.84 Å². The highest BCUT2D eigenvalue weighted by molar-refractivity contribution is 5.88. The van der Waals surface area contributed by atoms with E-state index in [-0.39, 0.29) is 5.69 Å². The highest BCUT2D eigenvalue weighted by atomic mass is 19.1. The van der Waals surface area contributed by atoms with E-state index in [2.05, 4.69) is 0 Å². The fourth-order valence-electron chi connectivity index (χ4n) is 1.61. The molecule has 0 aromatic heterocycles. The number of halogens is 2. The Bertz CT molecular complexity index is 414. The molecule has 0 aliphatic rings. The summed E-state index contributed by atoms with van der Waals surface area (Å²) in [6.07, 6.45) is 0.618. The third kappa shape index (κ3) is 3.40. The molecule has 1 aromatic rings. The lowest BCUT2D eigenvalue weighted by Crippen LogP contribution is -2.22. The lowest BCUT2D eigenvalue weighted by atomic mass is 10.1. The Labute approximate surface area is 104 Å². The van der Waals surface area contributed by atoms with Gasteiger partial charge in [0.2, 0.25) is 0 Å². The first-order chi connectivity index (χ1) is 8.47. The van der Waals surface area contributed by atoms with Crippen molar-refractivity contribution >= 4 is 11.7 Å². The predicted molar refractivity (Wildman–Crippen MR) is 63.1 cm³/mol. The molecule has 0 heterocycles. The smallest absolute Gasteiger partial charge is 0.335 e. The molecule has 1 N–H and O–H groups in total. The Balaban J connectivity index is 2.92. The predicted octanol–water partition coefficient (Wildman–Crippen LogP) is 2.14. The molecule has 0 fully saturated rings. The summed E-state index contributed by atoms with van der Waals surface area (Å²) in [6, 6.07) is 1.63. The second-order valence-electron chi connectivity index (χ2n) is 3.86. The Morgan fingerprint density at radius 3 is 2.39 bits per heavy atom. The van der Waals surface area contributed by atoms with Crippen LogP contribution in [0.25, 0.3) is 0 Å². The van der Waals surface area contributed by atoms with Crippen LogP contribution in [-0.4, -0.2) is 38.4 Å². The van der Waals surface area contributed by atoms with Gasteiger partial charge in [0.25, 0.3) is 0 Å². The SMILES string of the molecule is COCCCN(C)c1c(F)cc(C(=O)O)cc1F. The number of methoxy groups -OCH3 is 1. The molecule has 6 heteroatoms. The van der Waals surface area contributed by atoms with Gasteiger partial charge in [-0.05, 0) is 18.6 Å². The number of ether oxygens (including phenoxy) is 1. The number of benzene rings is 1. The zero-order valence-corrected chi connectivity index (χ0v) is 10.2. The van der Waals surface area contributed by atoms with Gasteiger partial charge in [0.1, 0.15) is 17.3 Å². The molecular formula is C12H15F2NO3. The lowest BCUT2D eigenvalue weighted by Gasteiger charge is -2.20. The first-order valence-corrected chi connectivity index (χ1v) is 5.39. The van der Waals surface area contributed by atoms with E-state index in [1.807, 2.05) is 0 Å². The molecule has 0 atom stereocenters. The van der Waals surface area contributed by atoms with Crippen molar-refractivity contribution in [2.75, 3.05) is 32.2 Å². The van der Waals surface area contributed by atoms with Gasteiger partial charge in [-0.2, -0.15) is 0 Å². The van der Waals surface area contributed by atoms with Crippen LogP contribution in [-0.2, 0) is 4.74 Å². The van der Waals surface area contributed by atoms with E-state index in [1.165, 1.54) is 11.9 Å². The van der Waals surface area contributed by atoms with Gasteiger partial charge in [0.15, 0.2) is 0 Å². The molecule has 4 nitrogen and oxygen atoms in total. The number of nitrogens with zero attached hydrogens (tertiary/aromatic N) is 1. The fourth-order valence-corrected chi connectivity index (χ4v) is 1.61. The summed E-state index contributed by atoms with van der Waals surface area (Å²) in [5.74, 6) is -3.12. The number of hydrogen-bond donors (Lipinski definition) is 1. The summed E-state index contributed by atoms with van der Waals surface area (Å²) in [6.45, 7) is 0.898. The van der Waals surface area contributed by atoms with E-state index < -0.39 is 23.2 Å². The average Bonchev–Trinajstić information content (AvgIpc) is 2.28. The van der Waals surface area contributed by atoms with Gasteiger partial charge in [0, 0.05) is 27.3 Å². The number of aromatic carboxylic acids is 1. The molecule has 0 radical (unpaired) electrons. The molecule has 1 aromatic carbocycles. The summed E-state index contributed by atoms with van der Waals surface area (Å²) >= 11 is 0. The van der Waals surface area contributed by atoms with E-state index in [1.54, 1.807) is 7.11 Å². The van der Waals surface area contributed by atoms with Gasteiger partial charge < -0.3 is 14.7 Å².